The molecule has 0 amide bonds. The lowest BCUT2D eigenvalue weighted by Crippen LogP contribution is -2.26. The van der Waals surface area contributed by atoms with Crippen LogP contribution in [0.2, 0.25) is 0 Å². The molecule has 0 saturated heterocycles. The number of nitrogens with zero attached hydrogens (tertiary/aromatic N) is 5. The summed E-state index contributed by atoms with van der Waals surface area (Å²) in [5.74, 6) is 0.349. The van der Waals surface area contributed by atoms with Gasteiger partial charge in [-0.25, -0.2) is 9.97 Å². The van der Waals surface area contributed by atoms with Gasteiger partial charge in [-0.15, -0.1) is 0 Å². The van der Waals surface area contributed by atoms with Crippen molar-refractivity contribution in [3.05, 3.63) is 88.6 Å². The summed E-state index contributed by atoms with van der Waals surface area (Å²) in [5, 5.41) is 14.6. The first-order chi connectivity index (χ1) is 17.5. The normalized spacial score (nSPS) is 11.7. The molecule has 36 heavy (non-hydrogen) atoms. The molecule has 0 saturated carbocycles. The number of nitrogens with two attached hydrogens (primary N) is 1. The molecule has 0 fully saturated rings. The minimum atomic E-state index is -0.407. The fourth-order valence-electron chi connectivity index (χ4n) is 4.09. The summed E-state index contributed by atoms with van der Waals surface area (Å²) < 4.78 is 6.94. The second kappa shape index (κ2) is 9.48. The second-order valence-corrected chi connectivity index (χ2v) is 8.97. The van der Waals surface area contributed by atoms with Crippen molar-refractivity contribution >= 4 is 33.9 Å². The van der Waals surface area contributed by atoms with Crippen molar-refractivity contribution in [2.75, 3.05) is 18.2 Å². The van der Waals surface area contributed by atoms with Crippen LogP contribution in [-0.2, 0) is 0 Å². The van der Waals surface area contributed by atoms with Crippen molar-refractivity contribution in [2.45, 2.75) is 13.0 Å². The number of nitriles is 1. The first-order valence-corrected chi connectivity index (χ1v) is 11.8. The molecular formula is C26H21N7O2S. The number of fused-ring (bicyclic) bond motifs is 1. The maximum Gasteiger partial charge on any atom is 0.273 e. The van der Waals surface area contributed by atoms with Crippen LogP contribution < -0.4 is 21.3 Å². The number of anilines is 2. The third-order valence-corrected chi connectivity index (χ3v) is 6.73. The van der Waals surface area contributed by atoms with E-state index in [0.29, 0.717) is 27.8 Å². The molecule has 0 aliphatic heterocycles. The fourth-order valence-corrected chi connectivity index (χ4v) is 4.86. The molecule has 0 spiro atoms. The van der Waals surface area contributed by atoms with Crippen LogP contribution in [0.1, 0.15) is 24.2 Å². The first kappa shape index (κ1) is 23.0. The van der Waals surface area contributed by atoms with Crippen LogP contribution in [0.25, 0.3) is 26.9 Å². The largest absolute Gasteiger partial charge is 0.473 e. The average Bonchev–Trinajstić information content (AvgIpc) is 3.38. The highest BCUT2D eigenvalue weighted by Crippen LogP contribution is 2.35. The molecule has 5 aromatic rings. The zero-order valence-corrected chi connectivity index (χ0v) is 20.3. The van der Waals surface area contributed by atoms with Gasteiger partial charge in [0.05, 0.1) is 29.6 Å². The third kappa shape index (κ3) is 4.12. The number of hydrogen-bond acceptors (Lipinski definition) is 9. The van der Waals surface area contributed by atoms with Crippen LogP contribution in [0.3, 0.4) is 0 Å². The number of aromatic nitrogens is 4. The van der Waals surface area contributed by atoms with Crippen LogP contribution in [0.5, 0.6) is 5.19 Å². The average molecular weight is 496 g/mol. The minimum Gasteiger partial charge on any atom is -0.473 e. The summed E-state index contributed by atoms with van der Waals surface area (Å²) in [6.45, 7) is 1.90. The van der Waals surface area contributed by atoms with Crippen molar-refractivity contribution in [1.29, 1.82) is 5.26 Å². The van der Waals surface area contributed by atoms with Gasteiger partial charge in [0.25, 0.3) is 10.8 Å². The summed E-state index contributed by atoms with van der Waals surface area (Å²) in [6, 6.07) is 18.8. The van der Waals surface area contributed by atoms with Gasteiger partial charge >= 0.3 is 0 Å². The van der Waals surface area contributed by atoms with Crippen LogP contribution in [-0.4, -0.2) is 26.6 Å². The van der Waals surface area contributed by atoms with Gasteiger partial charge in [-0.1, -0.05) is 47.7 Å². The molecule has 3 heterocycles. The molecule has 1 atom stereocenters. The van der Waals surface area contributed by atoms with Gasteiger partial charge in [-0.3, -0.25) is 9.36 Å². The lowest BCUT2D eigenvalue weighted by molar-refractivity contribution is 0.412. The Kier molecular flexibility index (Phi) is 6.06. The number of para-hydroxylation sites is 1. The van der Waals surface area contributed by atoms with E-state index in [2.05, 4.69) is 26.3 Å². The Labute approximate surface area is 210 Å². The van der Waals surface area contributed by atoms with E-state index in [4.69, 9.17) is 10.5 Å². The quantitative estimate of drug-likeness (QED) is 0.351. The Balaban J connectivity index is 1.73. The van der Waals surface area contributed by atoms with Gasteiger partial charge in [-0.2, -0.15) is 10.2 Å². The topological polar surface area (TPSA) is 132 Å². The Morgan fingerprint density at radius 3 is 2.67 bits per heavy atom. The fraction of sp³-hybridized carbons (Fsp3) is 0.115. The number of nitrogen functional groups attached to an aromatic ring is 1. The standard InChI is InChI=1S/C26H21N7O2S/c1-15(31-23-17(12-27)13-29-25(28)32-23)20-11-16-7-6-10-19(21-14-30-26(35-2)36-21)22(16)24(34)33(20)18-8-4-3-5-9-18/h3-11,13-15H,1-2H3,(H3,28,29,31,32). The van der Waals surface area contributed by atoms with Crippen LogP contribution in [0.4, 0.5) is 11.8 Å². The van der Waals surface area contributed by atoms with Crippen LogP contribution in [0.15, 0.2) is 71.8 Å². The number of nitrogens with one attached hydrogen (secondary N) is 1. The molecule has 3 aromatic heterocycles. The van der Waals surface area contributed by atoms with E-state index in [1.807, 2.05) is 61.5 Å². The predicted octanol–water partition coefficient (Wildman–Crippen LogP) is 4.54. The number of hydrogen-bond donors (Lipinski definition) is 2. The summed E-state index contributed by atoms with van der Waals surface area (Å²) in [5.41, 5.74) is 8.03. The highest BCUT2D eigenvalue weighted by molar-refractivity contribution is 7.16. The molecule has 2 aromatic carbocycles. The Bertz CT molecular complexity index is 1670. The summed E-state index contributed by atoms with van der Waals surface area (Å²) >= 11 is 1.38. The molecule has 0 aliphatic rings. The van der Waals surface area contributed by atoms with E-state index in [-0.39, 0.29) is 17.1 Å². The van der Waals surface area contributed by atoms with Crippen molar-refractivity contribution in [3.63, 3.8) is 0 Å². The smallest absolute Gasteiger partial charge is 0.273 e. The number of thiazole rings is 1. The maximum atomic E-state index is 14.1. The molecule has 0 bridgehead atoms. The van der Waals surface area contributed by atoms with Gasteiger partial charge in [-0.05, 0) is 30.5 Å². The molecular weight excluding hydrogens is 474 g/mol. The Morgan fingerprint density at radius 1 is 1.14 bits per heavy atom. The zero-order chi connectivity index (χ0) is 25.2. The molecule has 178 valence electrons. The van der Waals surface area contributed by atoms with Crippen molar-refractivity contribution in [3.8, 4) is 27.4 Å². The number of pyridine rings is 1. The molecule has 0 aliphatic carbocycles. The SMILES string of the molecule is COc1ncc(-c2cccc3cc(C(C)Nc4nc(N)ncc4C#N)n(-c4ccccc4)c(=O)c23)s1. The Morgan fingerprint density at radius 2 is 1.94 bits per heavy atom. The molecule has 1 unspecified atom stereocenters. The van der Waals surface area contributed by atoms with Gasteiger partial charge in [0.1, 0.15) is 17.5 Å². The van der Waals surface area contributed by atoms with Crippen molar-refractivity contribution < 1.29 is 4.74 Å². The van der Waals surface area contributed by atoms with Gasteiger partial charge < -0.3 is 15.8 Å². The molecule has 9 nitrogen and oxygen atoms in total. The van der Waals surface area contributed by atoms with Crippen molar-refractivity contribution in [1.82, 2.24) is 19.5 Å². The van der Waals surface area contributed by atoms with E-state index in [0.717, 1.165) is 15.8 Å². The minimum absolute atomic E-state index is 0.0484. The van der Waals surface area contributed by atoms with E-state index in [9.17, 15) is 10.1 Å². The zero-order valence-electron chi connectivity index (χ0n) is 19.5. The van der Waals surface area contributed by atoms with Gasteiger partial charge in [0, 0.05) is 23.1 Å². The van der Waals surface area contributed by atoms with E-state index in [1.54, 1.807) is 17.9 Å². The van der Waals surface area contributed by atoms with Crippen molar-refractivity contribution in [2.24, 2.45) is 0 Å². The molecule has 0 radical (unpaired) electrons. The Hall–Kier alpha value is -4.75. The summed E-state index contributed by atoms with van der Waals surface area (Å²) in [7, 11) is 1.57. The lowest BCUT2D eigenvalue weighted by atomic mass is 10.0. The maximum absolute atomic E-state index is 14.1. The molecule has 5 rings (SSSR count). The van der Waals surface area contributed by atoms with Gasteiger partial charge in [0.15, 0.2) is 0 Å². The summed E-state index contributed by atoms with van der Waals surface area (Å²) in [6.07, 6.45) is 3.09. The van der Waals surface area contributed by atoms with E-state index >= 15 is 0 Å². The molecule has 10 heteroatoms. The first-order valence-electron chi connectivity index (χ1n) is 11.0. The van der Waals surface area contributed by atoms with Crippen LogP contribution >= 0.6 is 11.3 Å². The lowest BCUT2D eigenvalue weighted by Gasteiger charge is -2.22. The van der Waals surface area contributed by atoms with Crippen LogP contribution in [0, 0.1) is 11.3 Å². The highest BCUT2D eigenvalue weighted by Gasteiger charge is 2.20. The van der Waals surface area contributed by atoms with Gasteiger partial charge in [0.2, 0.25) is 5.95 Å². The predicted molar refractivity (Wildman–Crippen MR) is 140 cm³/mol. The number of ether oxygens (including phenoxy) is 1. The summed E-state index contributed by atoms with van der Waals surface area (Å²) in [4.78, 5) is 27.3. The second-order valence-electron chi connectivity index (χ2n) is 7.98. The number of rotatable bonds is 6. The molecule has 3 N–H and O–H groups in total. The van der Waals surface area contributed by atoms with E-state index in [1.165, 1.54) is 17.5 Å². The number of benzene rings is 2. The third-order valence-electron chi connectivity index (χ3n) is 5.74. The highest BCUT2D eigenvalue weighted by atomic mass is 32.1. The number of methoxy groups -OCH3 is 1. The van der Waals surface area contributed by atoms with E-state index < -0.39 is 6.04 Å². The monoisotopic (exact) mass is 495 g/mol.